The average molecular weight is 293 g/mol. The van der Waals surface area contributed by atoms with Crippen molar-refractivity contribution in [3.63, 3.8) is 0 Å². The van der Waals surface area contributed by atoms with Gasteiger partial charge < -0.3 is 9.64 Å². The number of amides is 1. The number of aromatic amines is 1. The van der Waals surface area contributed by atoms with Crippen LogP contribution in [-0.4, -0.2) is 33.3 Å². The van der Waals surface area contributed by atoms with Crippen LogP contribution >= 0.6 is 0 Å². The Bertz CT molecular complexity index is 483. The fourth-order valence-corrected chi connectivity index (χ4v) is 3.00. The predicted molar refractivity (Wildman–Crippen MR) is 82.2 cm³/mol. The zero-order valence-corrected chi connectivity index (χ0v) is 13.8. The van der Waals surface area contributed by atoms with E-state index in [1.165, 1.54) is 0 Å². The Hall–Kier alpha value is -1.52. The summed E-state index contributed by atoms with van der Waals surface area (Å²) in [6.07, 6.45) is 4.08. The van der Waals surface area contributed by atoms with E-state index in [-0.39, 0.29) is 12.1 Å². The van der Waals surface area contributed by atoms with Crippen LogP contribution in [0.25, 0.3) is 0 Å². The van der Waals surface area contributed by atoms with Gasteiger partial charge in [-0.3, -0.25) is 5.10 Å². The minimum atomic E-state index is -0.464. The molecule has 1 atom stereocenters. The quantitative estimate of drug-likeness (QED) is 0.855. The van der Waals surface area contributed by atoms with Crippen LogP contribution in [0.4, 0.5) is 4.79 Å². The van der Waals surface area contributed by atoms with Crippen molar-refractivity contribution in [1.29, 1.82) is 0 Å². The third kappa shape index (κ3) is 3.77. The summed E-state index contributed by atoms with van der Waals surface area (Å²) >= 11 is 0. The summed E-state index contributed by atoms with van der Waals surface area (Å²) in [5, 5.41) is 7.32. The SMILES string of the molecule is Cc1n[nH]c(C)c1[C@H]1CCCCCN1C(=O)OC(C)(C)C. The van der Waals surface area contributed by atoms with Crippen molar-refractivity contribution in [1.82, 2.24) is 15.1 Å². The summed E-state index contributed by atoms with van der Waals surface area (Å²) in [5.74, 6) is 0. The Morgan fingerprint density at radius 3 is 2.57 bits per heavy atom. The minimum Gasteiger partial charge on any atom is -0.444 e. The van der Waals surface area contributed by atoms with Crippen LogP contribution in [0.2, 0.25) is 0 Å². The van der Waals surface area contributed by atoms with Gasteiger partial charge in [0.25, 0.3) is 0 Å². The molecule has 2 heterocycles. The highest BCUT2D eigenvalue weighted by molar-refractivity contribution is 5.69. The summed E-state index contributed by atoms with van der Waals surface area (Å²) in [4.78, 5) is 14.5. The van der Waals surface area contributed by atoms with Gasteiger partial charge in [0.2, 0.25) is 0 Å². The first-order valence-corrected chi connectivity index (χ1v) is 7.80. The number of hydrogen-bond acceptors (Lipinski definition) is 3. The van der Waals surface area contributed by atoms with E-state index in [1.54, 1.807) is 0 Å². The standard InChI is InChI=1S/C16H27N3O2/c1-11-14(12(2)18-17-11)13-9-7-6-8-10-19(13)15(20)21-16(3,4)5/h13H,6-10H2,1-5H3,(H,17,18)/t13-/m1/s1. The highest BCUT2D eigenvalue weighted by Gasteiger charge is 2.32. The molecule has 0 aliphatic carbocycles. The third-order valence-electron chi connectivity index (χ3n) is 3.90. The number of aryl methyl sites for hydroxylation is 2. The molecular weight excluding hydrogens is 266 g/mol. The van der Waals surface area contributed by atoms with Gasteiger partial charge >= 0.3 is 6.09 Å². The van der Waals surface area contributed by atoms with Gasteiger partial charge in [-0.25, -0.2) is 4.79 Å². The molecule has 0 saturated carbocycles. The van der Waals surface area contributed by atoms with E-state index >= 15 is 0 Å². The molecular formula is C16H27N3O2. The molecule has 21 heavy (non-hydrogen) atoms. The van der Waals surface area contributed by atoms with E-state index < -0.39 is 5.60 Å². The number of carbonyl (C=O) groups is 1. The van der Waals surface area contributed by atoms with Crippen molar-refractivity contribution in [3.05, 3.63) is 17.0 Å². The molecule has 1 N–H and O–H groups in total. The Morgan fingerprint density at radius 2 is 2.00 bits per heavy atom. The fraction of sp³-hybridized carbons (Fsp3) is 0.750. The van der Waals surface area contributed by atoms with Crippen LogP contribution in [0, 0.1) is 13.8 Å². The number of ether oxygens (including phenoxy) is 1. The lowest BCUT2D eigenvalue weighted by molar-refractivity contribution is 0.0162. The van der Waals surface area contributed by atoms with Gasteiger partial charge in [-0.1, -0.05) is 12.8 Å². The lowest BCUT2D eigenvalue weighted by Gasteiger charge is -2.32. The second kappa shape index (κ2) is 6.08. The second-order valence-electron chi connectivity index (χ2n) is 6.89. The van der Waals surface area contributed by atoms with E-state index in [9.17, 15) is 4.79 Å². The van der Waals surface area contributed by atoms with Gasteiger partial charge in [0, 0.05) is 17.8 Å². The first-order valence-electron chi connectivity index (χ1n) is 7.80. The van der Waals surface area contributed by atoms with E-state index in [1.807, 2.05) is 39.5 Å². The molecule has 1 aliphatic heterocycles. The lowest BCUT2D eigenvalue weighted by Crippen LogP contribution is -2.39. The zero-order chi connectivity index (χ0) is 15.6. The molecule has 2 rings (SSSR count). The number of likely N-dealkylation sites (tertiary alicyclic amines) is 1. The van der Waals surface area contributed by atoms with Crippen LogP contribution in [0.15, 0.2) is 0 Å². The molecule has 0 aromatic carbocycles. The number of aromatic nitrogens is 2. The summed E-state index contributed by atoms with van der Waals surface area (Å²) in [7, 11) is 0. The predicted octanol–water partition coefficient (Wildman–Crippen LogP) is 3.88. The molecule has 1 saturated heterocycles. The third-order valence-corrected chi connectivity index (χ3v) is 3.90. The fourth-order valence-electron chi connectivity index (χ4n) is 3.00. The highest BCUT2D eigenvalue weighted by atomic mass is 16.6. The first-order chi connectivity index (χ1) is 9.79. The maximum Gasteiger partial charge on any atom is 0.410 e. The first kappa shape index (κ1) is 15.9. The monoisotopic (exact) mass is 293 g/mol. The maximum atomic E-state index is 12.6. The average Bonchev–Trinajstić information content (AvgIpc) is 2.59. The topological polar surface area (TPSA) is 58.2 Å². The Labute approximate surface area is 127 Å². The molecule has 118 valence electrons. The molecule has 5 nitrogen and oxygen atoms in total. The van der Waals surface area contributed by atoms with Crippen LogP contribution in [0.1, 0.15) is 69.4 Å². The van der Waals surface area contributed by atoms with Crippen molar-refractivity contribution in [2.75, 3.05) is 6.54 Å². The molecule has 1 aliphatic rings. The Balaban J connectivity index is 2.29. The lowest BCUT2D eigenvalue weighted by atomic mass is 9.99. The molecule has 5 heteroatoms. The van der Waals surface area contributed by atoms with Gasteiger partial charge in [0.05, 0.1) is 11.7 Å². The highest BCUT2D eigenvalue weighted by Crippen LogP contribution is 2.34. The van der Waals surface area contributed by atoms with Gasteiger partial charge in [0.15, 0.2) is 0 Å². The number of rotatable bonds is 1. The van der Waals surface area contributed by atoms with Gasteiger partial charge in [-0.2, -0.15) is 5.10 Å². The van der Waals surface area contributed by atoms with Crippen LogP contribution in [0.5, 0.6) is 0 Å². The molecule has 1 amide bonds. The van der Waals surface area contributed by atoms with Crippen molar-refractivity contribution in [2.45, 2.75) is 71.9 Å². The number of nitrogens with one attached hydrogen (secondary N) is 1. The van der Waals surface area contributed by atoms with Crippen LogP contribution in [-0.2, 0) is 4.74 Å². The Kier molecular flexibility index (Phi) is 4.59. The summed E-state index contributed by atoms with van der Waals surface area (Å²) in [6, 6.07) is 0.0705. The largest absolute Gasteiger partial charge is 0.444 e. The van der Waals surface area contributed by atoms with E-state index in [4.69, 9.17) is 4.74 Å². The van der Waals surface area contributed by atoms with Crippen molar-refractivity contribution >= 4 is 6.09 Å². The van der Waals surface area contributed by atoms with Gasteiger partial charge in [-0.15, -0.1) is 0 Å². The number of nitrogens with zero attached hydrogens (tertiary/aromatic N) is 2. The van der Waals surface area contributed by atoms with Crippen molar-refractivity contribution in [3.8, 4) is 0 Å². The molecule has 1 fully saturated rings. The second-order valence-corrected chi connectivity index (χ2v) is 6.89. The van der Waals surface area contributed by atoms with Crippen LogP contribution < -0.4 is 0 Å². The normalized spacial score (nSPS) is 20.2. The summed E-state index contributed by atoms with van der Waals surface area (Å²) < 4.78 is 5.60. The van der Waals surface area contributed by atoms with Gasteiger partial charge in [-0.05, 0) is 47.5 Å². The van der Waals surface area contributed by atoms with Crippen molar-refractivity contribution < 1.29 is 9.53 Å². The molecule has 0 spiro atoms. The van der Waals surface area contributed by atoms with Crippen molar-refractivity contribution in [2.24, 2.45) is 0 Å². The molecule has 0 bridgehead atoms. The molecule has 0 radical (unpaired) electrons. The summed E-state index contributed by atoms with van der Waals surface area (Å²) in [5.41, 5.74) is 2.72. The number of carbonyl (C=O) groups excluding carboxylic acids is 1. The molecule has 0 unspecified atom stereocenters. The maximum absolute atomic E-state index is 12.6. The molecule has 1 aromatic heterocycles. The Morgan fingerprint density at radius 1 is 1.29 bits per heavy atom. The van der Waals surface area contributed by atoms with E-state index in [2.05, 4.69) is 10.2 Å². The zero-order valence-electron chi connectivity index (χ0n) is 13.8. The van der Waals surface area contributed by atoms with Crippen LogP contribution in [0.3, 0.4) is 0 Å². The van der Waals surface area contributed by atoms with E-state index in [0.29, 0.717) is 0 Å². The van der Waals surface area contributed by atoms with E-state index in [0.717, 1.165) is 49.2 Å². The number of H-pyrrole nitrogens is 1. The minimum absolute atomic E-state index is 0.0705. The van der Waals surface area contributed by atoms with Gasteiger partial charge in [0.1, 0.15) is 5.60 Å². The summed E-state index contributed by atoms with van der Waals surface area (Å²) in [6.45, 7) is 10.5. The molecule has 1 aromatic rings. The smallest absolute Gasteiger partial charge is 0.410 e. The number of hydrogen-bond donors (Lipinski definition) is 1.